The van der Waals surface area contributed by atoms with Crippen molar-refractivity contribution < 1.29 is 12.8 Å². The zero-order valence-electron chi connectivity index (χ0n) is 18.5. The van der Waals surface area contributed by atoms with Gasteiger partial charge in [0, 0.05) is 34.2 Å². The highest BCUT2D eigenvalue weighted by Gasteiger charge is 2.29. The molecule has 0 saturated heterocycles. The van der Waals surface area contributed by atoms with Gasteiger partial charge in [0.15, 0.2) is 5.13 Å². The summed E-state index contributed by atoms with van der Waals surface area (Å²) in [5, 5.41) is 5.98. The van der Waals surface area contributed by atoms with E-state index in [9.17, 15) is 12.8 Å². The third-order valence-electron chi connectivity index (χ3n) is 5.66. The number of halogens is 2. The van der Waals surface area contributed by atoms with Crippen molar-refractivity contribution in [3.8, 4) is 0 Å². The SMILES string of the molecule is CCNC1CCC=C(c2ccc(F)cc2)C1CSc1ccc(S(=O)(=O)Nc2nccs2)cc1Cl. The maximum Gasteiger partial charge on any atom is 0.263 e. The maximum absolute atomic E-state index is 13.5. The van der Waals surface area contributed by atoms with Crippen molar-refractivity contribution >= 4 is 55.4 Å². The lowest BCUT2D eigenvalue weighted by Gasteiger charge is -2.33. The van der Waals surface area contributed by atoms with Crippen LogP contribution in [0.1, 0.15) is 25.3 Å². The van der Waals surface area contributed by atoms with Crippen LogP contribution in [-0.2, 0) is 10.0 Å². The molecule has 4 rings (SSSR count). The number of rotatable bonds is 9. The van der Waals surface area contributed by atoms with E-state index >= 15 is 0 Å². The number of nitrogens with zero attached hydrogens (tertiary/aromatic N) is 1. The molecule has 0 amide bonds. The smallest absolute Gasteiger partial charge is 0.263 e. The first-order chi connectivity index (χ1) is 16.4. The second-order valence-corrected chi connectivity index (χ2v) is 11.9. The Morgan fingerprint density at radius 2 is 2.03 bits per heavy atom. The van der Waals surface area contributed by atoms with Crippen molar-refractivity contribution in [2.45, 2.75) is 35.6 Å². The predicted octanol–water partition coefficient (Wildman–Crippen LogP) is 6.30. The van der Waals surface area contributed by atoms with Gasteiger partial charge < -0.3 is 5.32 Å². The Balaban J connectivity index is 1.52. The molecule has 3 aromatic rings. The summed E-state index contributed by atoms with van der Waals surface area (Å²) in [5.74, 6) is 0.708. The van der Waals surface area contributed by atoms with E-state index in [1.807, 2.05) is 12.1 Å². The first-order valence-corrected chi connectivity index (χ1v) is 14.6. The van der Waals surface area contributed by atoms with Crippen LogP contribution < -0.4 is 10.0 Å². The summed E-state index contributed by atoms with van der Waals surface area (Å²) in [6.07, 6.45) is 5.77. The molecule has 0 aliphatic heterocycles. The molecule has 2 unspecified atom stereocenters. The Bertz CT molecular complexity index is 1250. The van der Waals surface area contributed by atoms with E-state index in [2.05, 4.69) is 28.0 Å². The molecule has 0 saturated carbocycles. The topological polar surface area (TPSA) is 71.1 Å². The number of nitrogens with one attached hydrogen (secondary N) is 2. The Morgan fingerprint density at radius 1 is 1.24 bits per heavy atom. The Morgan fingerprint density at radius 3 is 2.71 bits per heavy atom. The molecule has 2 N–H and O–H groups in total. The minimum Gasteiger partial charge on any atom is -0.314 e. The number of aromatic nitrogens is 1. The van der Waals surface area contributed by atoms with Crippen LogP contribution in [0, 0.1) is 11.7 Å². The van der Waals surface area contributed by atoms with Crippen LogP contribution in [0.2, 0.25) is 5.02 Å². The van der Waals surface area contributed by atoms with E-state index < -0.39 is 10.0 Å². The molecule has 0 bridgehead atoms. The van der Waals surface area contributed by atoms with E-state index in [-0.39, 0.29) is 16.6 Å². The number of sulfonamides is 1. The van der Waals surface area contributed by atoms with E-state index in [0.29, 0.717) is 16.2 Å². The lowest BCUT2D eigenvalue weighted by molar-refractivity contribution is 0.416. The summed E-state index contributed by atoms with van der Waals surface area (Å²) in [6.45, 7) is 2.96. The molecular formula is C24H25ClFN3O2S3. The van der Waals surface area contributed by atoms with Gasteiger partial charge in [-0.05, 0) is 60.9 Å². The van der Waals surface area contributed by atoms with Gasteiger partial charge in [-0.25, -0.2) is 17.8 Å². The Kier molecular flexibility index (Phi) is 8.31. The molecule has 10 heteroatoms. The molecule has 1 heterocycles. The molecule has 1 aliphatic rings. The van der Waals surface area contributed by atoms with Gasteiger partial charge in [0.2, 0.25) is 0 Å². The average Bonchev–Trinajstić information content (AvgIpc) is 3.32. The highest BCUT2D eigenvalue weighted by Crippen LogP contribution is 2.39. The van der Waals surface area contributed by atoms with E-state index in [4.69, 9.17) is 11.6 Å². The van der Waals surface area contributed by atoms with Gasteiger partial charge in [0.1, 0.15) is 5.82 Å². The lowest BCUT2D eigenvalue weighted by atomic mass is 9.81. The summed E-state index contributed by atoms with van der Waals surface area (Å²) < 4.78 is 41.3. The molecule has 0 spiro atoms. The second-order valence-electron chi connectivity index (χ2n) is 7.86. The molecule has 0 radical (unpaired) electrons. The largest absolute Gasteiger partial charge is 0.314 e. The van der Waals surface area contributed by atoms with Gasteiger partial charge >= 0.3 is 0 Å². The van der Waals surface area contributed by atoms with E-state index in [1.165, 1.54) is 41.3 Å². The van der Waals surface area contributed by atoms with Crippen molar-refractivity contribution in [2.24, 2.45) is 5.92 Å². The number of anilines is 1. The number of allylic oxidation sites excluding steroid dienone is 1. The van der Waals surface area contributed by atoms with Crippen LogP contribution in [0.3, 0.4) is 0 Å². The summed E-state index contributed by atoms with van der Waals surface area (Å²) >= 11 is 9.31. The molecule has 34 heavy (non-hydrogen) atoms. The zero-order valence-corrected chi connectivity index (χ0v) is 21.7. The van der Waals surface area contributed by atoms with Crippen LogP contribution in [0.5, 0.6) is 0 Å². The summed E-state index contributed by atoms with van der Waals surface area (Å²) in [6, 6.07) is 11.7. The Hall–Kier alpha value is -1.91. The summed E-state index contributed by atoms with van der Waals surface area (Å²) in [5.41, 5.74) is 2.23. The summed E-state index contributed by atoms with van der Waals surface area (Å²) in [4.78, 5) is 4.87. The van der Waals surface area contributed by atoms with Crippen LogP contribution in [-0.4, -0.2) is 31.7 Å². The van der Waals surface area contributed by atoms with Gasteiger partial charge in [-0.1, -0.05) is 36.7 Å². The Labute approximate surface area is 212 Å². The molecule has 1 aliphatic carbocycles. The van der Waals surface area contributed by atoms with Gasteiger partial charge in [-0.2, -0.15) is 0 Å². The fourth-order valence-corrected chi connectivity index (χ4v) is 7.42. The van der Waals surface area contributed by atoms with Crippen LogP contribution in [0.25, 0.3) is 5.57 Å². The molecule has 2 aromatic carbocycles. The third kappa shape index (κ3) is 6.01. The van der Waals surface area contributed by atoms with E-state index in [0.717, 1.165) is 35.6 Å². The number of hydrogen-bond donors (Lipinski definition) is 2. The monoisotopic (exact) mass is 537 g/mol. The normalized spacial score (nSPS) is 18.5. The molecule has 1 aromatic heterocycles. The molecule has 0 fully saturated rings. The van der Waals surface area contributed by atoms with Crippen LogP contribution >= 0.6 is 34.7 Å². The maximum atomic E-state index is 13.5. The number of hydrogen-bond acceptors (Lipinski definition) is 6. The molecule has 2 atom stereocenters. The van der Waals surface area contributed by atoms with Crippen molar-refractivity contribution in [2.75, 3.05) is 17.0 Å². The minimum atomic E-state index is -3.77. The lowest BCUT2D eigenvalue weighted by Crippen LogP contribution is -2.39. The third-order valence-corrected chi connectivity index (χ3v) is 9.43. The van der Waals surface area contributed by atoms with Crippen molar-refractivity contribution in [1.29, 1.82) is 0 Å². The minimum absolute atomic E-state index is 0.0899. The number of benzene rings is 2. The van der Waals surface area contributed by atoms with Gasteiger partial charge in [0.25, 0.3) is 10.0 Å². The first kappa shape index (κ1) is 25.2. The highest BCUT2D eigenvalue weighted by molar-refractivity contribution is 7.99. The van der Waals surface area contributed by atoms with Gasteiger partial charge in [-0.15, -0.1) is 23.1 Å². The molecule has 5 nitrogen and oxygen atoms in total. The van der Waals surface area contributed by atoms with Crippen molar-refractivity contribution in [3.63, 3.8) is 0 Å². The fraction of sp³-hybridized carbons (Fsp3) is 0.292. The number of thioether (sulfide) groups is 1. The fourth-order valence-electron chi connectivity index (χ4n) is 4.07. The molecule has 180 valence electrons. The quantitative estimate of drug-likeness (QED) is 0.313. The predicted molar refractivity (Wildman–Crippen MR) is 140 cm³/mol. The van der Waals surface area contributed by atoms with Crippen molar-refractivity contribution in [3.05, 3.63) is 76.5 Å². The average molecular weight is 538 g/mol. The zero-order chi connectivity index (χ0) is 24.1. The second kappa shape index (κ2) is 11.2. The van der Waals surface area contributed by atoms with Gasteiger partial charge in [0.05, 0.1) is 9.92 Å². The standard InChI is InChI=1S/C24H25ClFN3O2S3/c1-2-27-22-5-3-4-19(16-6-8-17(26)9-7-16)20(22)15-33-23-11-10-18(14-21(23)25)34(30,31)29-24-28-12-13-32-24/h4,6-14,20,22,27H,2-3,5,15H2,1H3,(H,28,29). The highest BCUT2D eigenvalue weighted by atomic mass is 35.5. The van der Waals surface area contributed by atoms with Gasteiger partial charge in [-0.3, -0.25) is 4.72 Å². The van der Waals surface area contributed by atoms with Crippen LogP contribution in [0.4, 0.5) is 9.52 Å². The van der Waals surface area contributed by atoms with E-state index in [1.54, 1.807) is 29.3 Å². The first-order valence-electron chi connectivity index (χ1n) is 10.9. The summed E-state index contributed by atoms with van der Waals surface area (Å²) in [7, 11) is -3.77. The number of thiazole rings is 1. The van der Waals surface area contributed by atoms with Crippen LogP contribution in [0.15, 0.2) is 69.9 Å². The molecular weight excluding hydrogens is 513 g/mol. The van der Waals surface area contributed by atoms with Crippen molar-refractivity contribution in [1.82, 2.24) is 10.3 Å².